The summed E-state index contributed by atoms with van der Waals surface area (Å²) >= 11 is 1.70. The number of nitrogens with zero attached hydrogens (tertiary/aromatic N) is 3. The molecule has 0 spiro atoms. The zero-order valence-electron chi connectivity index (χ0n) is 15.2. The van der Waals surface area contributed by atoms with E-state index >= 15 is 0 Å². The van der Waals surface area contributed by atoms with Gasteiger partial charge in [0.1, 0.15) is 0 Å². The maximum atomic E-state index is 12.8. The number of rotatable bonds is 2. The second-order valence-electron chi connectivity index (χ2n) is 7.68. The van der Waals surface area contributed by atoms with Crippen molar-refractivity contribution >= 4 is 47.2 Å². The quantitative estimate of drug-likeness (QED) is 0.816. The number of aryl methyl sites for hydroxylation is 1. The van der Waals surface area contributed by atoms with Crippen LogP contribution in [0.15, 0.2) is 5.38 Å². The van der Waals surface area contributed by atoms with Gasteiger partial charge in [-0.05, 0) is 31.6 Å². The van der Waals surface area contributed by atoms with Crippen molar-refractivity contribution in [2.24, 2.45) is 17.1 Å². The highest BCUT2D eigenvalue weighted by atomic mass is 35.5. The summed E-state index contributed by atoms with van der Waals surface area (Å²) in [6, 6.07) is 0.196. The van der Waals surface area contributed by atoms with Gasteiger partial charge in [-0.1, -0.05) is 13.8 Å². The van der Waals surface area contributed by atoms with E-state index in [9.17, 15) is 4.79 Å². The van der Waals surface area contributed by atoms with Gasteiger partial charge in [-0.25, -0.2) is 4.98 Å². The van der Waals surface area contributed by atoms with Crippen molar-refractivity contribution in [3.05, 3.63) is 11.1 Å². The first-order valence-electron chi connectivity index (χ1n) is 8.58. The molecule has 1 amide bonds. The van der Waals surface area contributed by atoms with E-state index in [1.54, 1.807) is 11.3 Å². The molecule has 1 aromatic heterocycles. The normalized spacial score (nSPS) is 23.6. The molecule has 3 heterocycles. The fourth-order valence-corrected chi connectivity index (χ4v) is 4.48. The molecule has 0 bridgehead atoms. The van der Waals surface area contributed by atoms with Crippen LogP contribution in [0.3, 0.4) is 0 Å². The van der Waals surface area contributed by atoms with Gasteiger partial charge >= 0.3 is 0 Å². The van der Waals surface area contributed by atoms with Gasteiger partial charge in [0, 0.05) is 43.5 Å². The van der Waals surface area contributed by atoms with Crippen LogP contribution in [0, 0.1) is 18.3 Å². The zero-order valence-corrected chi connectivity index (χ0v) is 17.7. The molecule has 0 radical (unpaired) electrons. The number of piperidine rings is 2. The molecule has 2 fully saturated rings. The molecule has 3 rings (SSSR count). The Balaban J connectivity index is 0.00000156. The topological polar surface area (TPSA) is 62.5 Å². The molecular weight excluding hydrogens is 379 g/mol. The van der Waals surface area contributed by atoms with E-state index in [1.165, 1.54) is 0 Å². The number of thiazole rings is 1. The second-order valence-corrected chi connectivity index (χ2v) is 8.51. The van der Waals surface area contributed by atoms with Crippen LogP contribution in [0.25, 0.3) is 0 Å². The van der Waals surface area contributed by atoms with Gasteiger partial charge in [0.15, 0.2) is 5.13 Å². The molecule has 5 nitrogen and oxygen atoms in total. The van der Waals surface area contributed by atoms with Crippen molar-refractivity contribution < 1.29 is 4.79 Å². The lowest BCUT2D eigenvalue weighted by molar-refractivity contribution is -0.139. The highest BCUT2D eigenvalue weighted by molar-refractivity contribution is 7.13. The standard InChI is InChI=1S/C17H28N4OS.2ClH/c1-12-10-23-16(19-12)20-7-4-13(5-8-20)15(22)21-9-6-14(18)17(2,3)11-21;;/h10,13-14H,4-9,11,18H2,1-3H3;2*1H. The Bertz CT molecular complexity index is 573. The predicted octanol–water partition coefficient (Wildman–Crippen LogP) is 3.10. The van der Waals surface area contributed by atoms with Gasteiger partial charge in [0.05, 0.1) is 5.69 Å². The Morgan fingerprint density at radius 3 is 2.40 bits per heavy atom. The molecule has 0 aromatic carbocycles. The van der Waals surface area contributed by atoms with Crippen molar-refractivity contribution in [3.63, 3.8) is 0 Å². The molecule has 8 heteroatoms. The number of hydrogen-bond acceptors (Lipinski definition) is 5. The minimum absolute atomic E-state index is 0. The van der Waals surface area contributed by atoms with Crippen LogP contribution in [0.2, 0.25) is 0 Å². The van der Waals surface area contributed by atoms with E-state index in [2.05, 4.69) is 34.0 Å². The lowest BCUT2D eigenvalue weighted by atomic mass is 9.79. The summed E-state index contributed by atoms with van der Waals surface area (Å²) in [4.78, 5) is 21.8. The number of carbonyl (C=O) groups is 1. The SMILES string of the molecule is Cc1csc(N2CCC(C(=O)N3CCC(N)C(C)(C)C3)CC2)n1.Cl.Cl. The Morgan fingerprint density at radius 1 is 1.24 bits per heavy atom. The number of aromatic nitrogens is 1. The van der Waals surface area contributed by atoms with Gasteiger partial charge in [0.2, 0.25) is 5.91 Å². The van der Waals surface area contributed by atoms with E-state index in [0.717, 1.165) is 56.3 Å². The summed E-state index contributed by atoms with van der Waals surface area (Å²) in [5.74, 6) is 0.498. The van der Waals surface area contributed by atoms with Crippen molar-refractivity contribution in [1.82, 2.24) is 9.88 Å². The smallest absolute Gasteiger partial charge is 0.225 e. The minimum atomic E-state index is 0. The highest BCUT2D eigenvalue weighted by Gasteiger charge is 2.38. The number of nitrogens with two attached hydrogens (primary N) is 1. The van der Waals surface area contributed by atoms with Crippen LogP contribution in [-0.4, -0.2) is 48.0 Å². The molecule has 1 atom stereocenters. The van der Waals surface area contributed by atoms with Crippen LogP contribution in [0.5, 0.6) is 0 Å². The van der Waals surface area contributed by atoms with Crippen LogP contribution in [0.1, 0.15) is 38.8 Å². The highest BCUT2D eigenvalue weighted by Crippen LogP contribution is 2.31. The summed E-state index contributed by atoms with van der Waals surface area (Å²) in [5, 5.41) is 3.18. The molecule has 144 valence electrons. The molecule has 0 saturated carbocycles. The number of anilines is 1. The van der Waals surface area contributed by atoms with E-state index in [1.807, 2.05) is 6.92 Å². The number of halogens is 2. The Hall–Kier alpha value is -0.560. The molecule has 2 aliphatic rings. The third kappa shape index (κ3) is 5.00. The number of hydrogen-bond donors (Lipinski definition) is 1. The van der Waals surface area contributed by atoms with Crippen molar-refractivity contribution in [1.29, 1.82) is 0 Å². The molecule has 25 heavy (non-hydrogen) atoms. The number of likely N-dealkylation sites (tertiary alicyclic amines) is 1. The Morgan fingerprint density at radius 2 is 1.88 bits per heavy atom. The van der Waals surface area contributed by atoms with Crippen LogP contribution in [0.4, 0.5) is 5.13 Å². The first-order chi connectivity index (χ1) is 10.9. The minimum Gasteiger partial charge on any atom is -0.348 e. The van der Waals surface area contributed by atoms with E-state index in [-0.39, 0.29) is 42.2 Å². The van der Waals surface area contributed by atoms with Crippen LogP contribution < -0.4 is 10.6 Å². The average Bonchev–Trinajstić information content (AvgIpc) is 2.96. The maximum Gasteiger partial charge on any atom is 0.225 e. The summed E-state index contributed by atoms with van der Waals surface area (Å²) < 4.78 is 0. The second kappa shape index (κ2) is 8.89. The molecule has 2 N–H and O–H groups in total. The summed E-state index contributed by atoms with van der Waals surface area (Å²) in [7, 11) is 0. The van der Waals surface area contributed by atoms with E-state index < -0.39 is 0 Å². The Kier molecular flexibility index (Phi) is 7.99. The zero-order chi connectivity index (χ0) is 16.6. The maximum absolute atomic E-state index is 12.8. The van der Waals surface area contributed by atoms with Gasteiger partial charge in [-0.2, -0.15) is 0 Å². The molecule has 1 unspecified atom stereocenters. The molecule has 1 aromatic rings. The van der Waals surface area contributed by atoms with Crippen molar-refractivity contribution in [2.45, 2.75) is 46.1 Å². The molecule has 2 saturated heterocycles. The third-order valence-electron chi connectivity index (χ3n) is 5.35. The fourth-order valence-electron chi connectivity index (χ4n) is 3.62. The monoisotopic (exact) mass is 408 g/mol. The van der Waals surface area contributed by atoms with Crippen LogP contribution in [-0.2, 0) is 4.79 Å². The first kappa shape index (κ1) is 22.5. The summed E-state index contributed by atoms with van der Waals surface area (Å²) in [6.45, 7) is 9.84. The van der Waals surface area contributed by atoms with Crippen molar-refractivity contribution in [3.8, 4) is 0 Å². The summed E-state index contributed by atoms with van der Waals surface area (Å²) in [5.41, 5.74) is 7.29. The lowest BCUT2D eigenvalue weighted by Gasteiger charge is -2.44. The molecule has 0 aliphatic carbocycles. The van der Waals surface area contributed by atoms with Gasteiger partial charge < -0.3 is 15.5 Å². The van der Waals surface area contributed by atoms with Gasteiger partial charge in [-0.3, -0.25) is 4.79 Å². The third-order valence-corrected chi connectivity index (χ3v) is 6.36. The average molecular weight is 409 g/mol. The van der Waals surface area contributed by atoms with E-state index in [0.29, 0.717) is 5.91 Å². The van der Waals surface area contributed by atoms with Crippen molar-refractivity contribution in [2.75, 3.05) is 31.1 Å². The van der Waals surface area contributed by atoms with Gasteiger partial charge in [-0.15, -0.1) is 36.2 Å². The van der Waals surface area contributed by atoms with Crippen LogP contribution >= 0.6 is 36.2 Å². The summed E-state index contributed by atoms with van der Waals surface area (Å²) in [6.07, 6.45) is 2.77. The molecular formula is C17H30Cl2N4OS. The number of amides is 1. The predicted molar refractivity (Wildman–Crippen MR) is 109 cm³/mol. The van der Waals surface area contributed by atoms with E-state index in [4.69, 9.17) is 5.73 Å². The number of carbonyl (C=O) groups excluding carboxylic acids is 1. The first-order valence-corrected chi connectivity index (χ1v) is 9.46. The molecule has 2 aliphatic heterocycles. The van der Waals surface area contributed by atoms with Gasteiger partial charge in [0.25, 0.3) is 0 Å². The lowest BCUT2D eigenvalue weighted by Crippen LogP contribution is -2.55. The fraction of sp³-hybridized carbons (Fsp3) is 0.765. The largest absolute Gasteiger partial charge is 0.348 e. The Labute approximate surface area is 167 Å².